The lowest BCUT2D eigenvalue weighted by molar-refractivity contribution is 0.0761. The van der Waals surface area contributed by atoms with Gasteiger partial charge in [-0.3, -0.25) is 0 Å². The summed E-state index contributed by atoms with van der Waals surface area (Å²) in [4.78, 5) is 8.80. The Morgan fingerprint density at radius 2 is 2.40 bits per heavy atom. The molecule has 1 atom stereocenters. The van der Waals surface area contributed by atoms with Gasteiger partial charge < -0.3 is 4.74 Å². The smallest absolute Gasteiger partial charge is 0.122 e. The molecule has 4 nitrogen and oxygen atoms in total. The highest BCUT2D eigenvalue weighted by molar-refractivity contribution is 7.98. The highest BCUT2D eigenvalue weighted by atomic mass is 32.2. The molecule has 0 saturated carbocycles. The molecule has 6 heteroatoms. The zero-order valence-corrected chi connectivity index (χ0v) is 13.0. The van der Waals surface area contributed by atoms with Crippen LogP contribution in [0.25, 0.3) is 0 Å². The predicted octanol–water partition coefficient (Wildman–Crippen LogP) is 3.80. The van der Waals surface area contributed by atoms with Crippen molar-refractivity contribution >= 4 is 23.1 Å². The first-order chi connectivity index (χ1) is 9.72. The summed E-state index contributed by atoms with van der Waals surface area (Å²) in [6, 6.07) is 5.61. The van der Waals surface area contributed by atoms with E-state index in [1.807, 2.05) is 19.2 Å². The average Bonchev–Trinajstić information content (AvgIpc) is 2.94. The molecule has 0 radical (unpaired) electrons. The first-order valence-electron chi connectivity index (χ1n) is 6.27. The van der Waals surface area contributed by atoms with Gasteiger partial charge in [0.25, 0.3) is 0 Å². The third kappa shape index (κ3) is 4.04. The average molecular weight is 305 g/mol. The van der Waals surface area contributed by atoms with E-state index in [1.165, 1.54) is 0 Å². The van der Waals surface area contributed by atoms with Crippen molar-refractivity contribution in [1.82, 2.24) is 9.97 Å². The maximum Gasteiger partial charge on any atom is 0.122 e. The molecule has 0 bridgehead atoms. The van der Waals surface area contributed by atoms with Crippen LogP contribution in [-0.2, 0) is 10.5 Å². The van der Waals surface area contributed by atoms with Crippen molar-refractivity contribution in [2.75, 3.05) is 6.61 Å². The monoisotopic (exact) mass is 305 g/mol. The highest BCUT2D eigenvalue weighted by Crippen LogP contribution is 2.25. The largest absolute Gasteiger partial charge is 0.372 e. The Labute approximate surface area is 126 Å². The second kappa shape index (κ2) is 7.39. The number of aromatic nitrogens is 2. The van der Waals surface area contributed by atoms with E-state index in [-0.39, 0.29) is 6.10 Å². The van der Waals surface area contributed by atoms with Crippen LogP contribution < -0.4 is 0 Å². The second-order valence-electron chi connectivity index (χ2n) is 4.06. The van der Waals surface area contributed by atoms with E-state index in [4.69, 9.17) is 10.00 Å². The Hall–Kier alpha value is -1.42. The maximum atomic E-state index is 8.85. The van der Waals surface area contributed by atoms with Gasteiger partial charge >= 0.3 is 0 Å². The summed E-state index contributed by atoms with van der Waals surface area (Å²) in [6.07, 6.45) is 1.70. The standard InChI is InChI=1S/C14H15N3OS2/c1-3-18-10(2)14-17-12(9-20-14)8-19-13-6-11(7-15)4-5-16-13/h4-6,9-10H,3,8H2,1-2H3/t10-/m0/s1. The van der Waals surface area contributed by atoms with E-state index < -0.39 is 0 Å². The van der Waals surface area contributed by atoms with Gasteiger partial charge in [0.15, 0.2) is 0 Å². The van der Waals surface area contributed by atoms with Crippen LogP contribution in [0.1, 0.15) is 36.2 Å². The van der Waals surface area contributed by atoms with Crippen molar-refractivity contribution in [1.29, 1.82) is 5.26 Å². The quantitative estimate of drug-likeness (QED) is 0.760. The fourth-order valence-electron chi connectivity index (χ4n) is 1.60. The predicted molar refractivity (Wildman–Crippen MR) is 80.7 cm³/mol. The molecule has 2 aromatic heterocycles. The molecule has 0 aromatic carbocycles. The third-order valence-electron chi connectivity index (χ3n) is 2.57. The molecule has 0 aliphatic rings. The van der Waals surface area contributed by atoms with E-state index in [0.29, 0.717) is 12.2 Å². The minimum absolute atomic E-state index is 0.0452. The number of hydrogen-bond acceptors (Lipinski definition) is 6. The van der Waals surface area contributed by atoms with E-state index in [9.17, 15) is 0 Å². The summed E-state index contributed by atoms with van der Waals surface area (Å²) >= 11 is 3.20. The lowest BCUT2D eigenvalue weighted by Crippen LogP contribution is -1.98. The number of hydrogen-bond donors (Lipinski definition) is 0. The van der Waals surface area contributed by atoms with Gasteiger partial charge in [-0.05, 0) is 26.0 Å². The lowest BCUT2D eigenvalue weighted by Gasteiger charge is -2.06. The number of thioether (sulfide) groups is 1. The van der Waals surface area contributed by atoms with Crippen LogP contribution in [0.3, 0.4) is 0 Å². The van der Waals surface area contributed by atoms with Gasteiger partial charge in [-0.25, -0.2) is 9.97 Å². The molecule has 0 unspecified atom stereocenters. The van der Waals surface area contributed by atoms with Crippen LogP contribution in [0.2, 0.25) is 0 Å². The molecular weight excluding hydrogens is 290 g/mol. The van der Waals surface area contributed by atoms with Crippen molar-refractivity contribution in [2.45, 2.75) is 30.7 Å². The molecule has 0 aliphatic heterocycles. The van der Waals surface area contributed by atoms with Crippen molar-refractivity contribution in [3.8, 4) is 6.07 Å². The summed E-state index contributed by atoms with van der Waals surface area (Å²) in [5.41, 5.74) is 1.65. The molecule has 0 N–H and O–H groups in total. The molecule has 0 saturated heterocycles. The molecule has 0 spiro atoms. The fraction of sp³-hybridized carbons (Fsp3) is 0.357. The Morgan fingerprint density at radius 1 is 1.55 bits per heavy atom. The minimum atomic E-state index is 0.0452. The third-order valence-corrected chi connectivity index (χ3v) is 4.58. The zero-order chi connectivity index (χ0) is 14.4. The Balaban J connectivity index is 1.95. The van der Waals surface area contributed by atoms with Gasteiger partial charge in [-0.1, -0.05) is 11.8 Å². The molecule has 0 aliphatic carbocycles. The van der Waals surface area contributed by atoms with Gasteiger partial charge in [0.2, 0.25) is 0 Å². The summed E-state index contributed by atoms with van der Waals surface area (Å²) in [5, 5.41) is 12.7. The normalized spacial score (nSPS) is 12.1. The number of rotatable bonds is 6. The molecule has 20 heavy (non-hydrogen) atoms. The molecular formula is C14H15N3OS2. The molecule has 2 heterocycles. The van der Waals surface area contributed by atoms with Crippen molar-refractivity contribution < 1.29 is 4.74 Å². The van der Waals surface area contributed by atoms with Gasteiger partial charge in [-0.2, -0.15) is 5.26 Å². The zero-order valence-electron chi connectivity index (χ0n) is 11.4. The van der Waals surface area contributed by atoms with Gasteiger partial charge in [-0.15, -0.1) is 11.3 Å². The fourth-order valence-corrected chi connectivity index (χ4v) is 3.32. The molecule has 2 aromatic rings. The number of pyridine rings is 1. The Morgan fingerprint density at radius 3 is 3.15 bits per heavy atom. The summed E-state index contributed by atoms with van der Waals surface area (Å²) < 4.78 is 5.53. The summed E-state index contributed by atoms with van der Waals surface area (Å²) in [7, 11) is 0. The maximum absolute atomic E-state index is 8.85. The van der Waals surface area contributed by atoms with Crippen LogP contribution in [0.5, 0.6) is 0 Å². The second-order valence-corrected chi connectivity index (χ2v) is 5.94. The van der Waals surface area contributed by atoms with Crippen molar-refractivity contribution in [3.05, 3.63) is 40.0 Å². The van der Waals surface area contributed by atoms with Crippen LogP contribution in [0, 0.1) is 11.3 Å². The lowest BCUT2D eigenvalue weighted by atomic mass is 10.3. The van der Waals surface area contributed by atoms with Gasteiger partial charge in [0.05, 0.1) is 22.4 Å². The van der Waals surface area contributed by atoms with Crippen LogP contribution >= 0.6 is 23.1 Å². The van der Waals surface area contributed by atoms with Crippen molar-refractivity contribution in [3.63, 3.8) is 0 Å². The molecule has 0 amide bonds. The van der Waals surface area contributed by atoms with Crippen LogP contribution in [0.4, 0.5) is 0 Å². The molecule has 104 valence electrons. The van der Waals surface area contributed by atoms with Crippen LogP contribution in [0.15, 0.2) is 28.7 Å². The SMILES string of the molecule is CCO[C@@H](C)c1nc(CSc2cc(C#N)ccn2)cs1. The van der Waals surface area contributed by atoms with E-state index >= 15 is 0 Å². The Bertz CT molecular complexity index is 606. The molecule has 2 rings (SSSR count). The number of ether oxygens (including phenoxy) is 1. The minimum Gasteiger partial charge on any atom is -0.372 e. The van der Waals surface area contributed by atoms with Crippen molar-refractivity contribution in [2.24, 2.45) is 0 Å². The number of thiazole rings is 1. The highest BCUT2D eigenvalue weighted by Gasteiger charge is 2.10. The topological polar surface area (TPSA) is 58.8 Å². The first kappa shape index (κ1) is 15.0. The Kier molecular flexibility index (Phi) is 5.53. The summed E-state index contributed by atoms with van der Waals surface area (Å²) in [6.45, 7) is 4.68. The number of nitriles is 1. The number of nitrogens with zero attached hydrogens (tertiary/aromatic N) is 3. The van der Waals surface area contributed by atoms with E-state index in [2.05, 4.69) is 16.0 Å². The van der Waals surface area contributed by atoms with E-state index in [1.54, 1.807) is 41.4 Å². The van der Waals surface area contributed by atoms with E-state index in [0.717, 1.165) is 21.5 Å². The van der Waals surface area contributed by atoms with Gasteiger partial charge in [0.1, 0.15) is 11.1 Å². The van der Waals surface area contributed by atoms with Gasteiger partial charge in [0, 0.05) is 23.9 Å². The molecule has 0 fully saturated rings. The van der Waals surface area contributed by atoms with Crippen LogP contribution in [-0.4, -0.2) is 16.6 Å². The summed E-state index contributed by atoms with van der Waals surface area (Å²) in [5.74, 6) is 0.747. The first-order valence-corrected chi connectivity index (χ1v) is 8.14.